The van der Waals surface area contributed by atoms with E-state index in [0.717, 1.165) is 17.8 Å². The molecule has 0 saturated heterocycles. The van der Waals surface area contributed by atoms with Crippen LogP contribution in [-0.4, -0.2) is 0 Å². The van der Waals surface area contributed by atoms with Gasteiger partial charge in [-0.15, -0.1) is 0 Å². The fourth-order valence-corrected chi connectivity index (χ4v) is 3.88. The molecule has 20 heavy (non-hydrogen) atoms. The van der Waals surface area contributed by atoms with Crippen LogP contribution in [-0.2, 0) is 0 Å². The Morgan fingerprint density at radius 3 is 2.60 bits per heavy atom. The molecule has 110 valence electrons. The average molecular weight is 270 g/mol. The second kappa shape index (κ2) is 6.61. The molecule has 0 amide bonds. The minimum absolute atomic E-state index is 0.715. The van der Waals surface area contributed by atoms with Crippen LogP contribution in [0.15, 0.2) is 47.1 Å². The molecule has 3 aliphatic rings. The van der Waals surface area contributed by atoms with Gasteiger partial charge < -0.3 is 0 Å². The van der Waals surface area contributed by atoms with Crippen molar-refractivity contribution in [1.82, 2.24) is 0 Å². The van der Waals surface area contributed by atoms with E-state index in [1.807, 2.05) is 13.8 Å². The van der Waals surface area contributed by atoms with Gasteiger partial charge in [-0.2, -0.15) is 0 Å². The molecule has 0 heterocycles. The quantitative estimate of drug-likeness (QED) is 0.468. The first-order chi connectivity index (χ1) is 9.63. The fourth-order valence-electron chi connectivity index (χ4n) is 3.88. The lowest BCUT2D eigenvalue weighted by atomic mass is 9.75. The van der Waals surface area contributed by atoms with Crippen LogP contribution in [0, 0.1) is 23.7 Å². The molecule has 0 heteroatoms. The predicted octanol–water partition coefficient (Wildman–Crippen LogP) is 6.08. The van der Waals surface area contributed by atoms with Crippen molar-refractivity contribution in [3.8, 4) is 0 Å². The molecule has 0 aromatic carbocycles. The van der Waals surface area contributed by atoms with Crippen LogP contribution in [0.25, 0.3) is 0 Å². The monoisotopic (exact) mass is 270 g/mol. The Balaban J connectivity index is 0.000000704. The van der Waals surface area contributed by atoms with Crippen LogP contribution < -0.4 is 0 Å². The fraction of sp³-hybridized carbons (Fsp3) is 0.600. The maximum atomic E-state index is 2.54. The molecule has 2 bridgehead atoms. The van der Waals surface area contributed by atoms with Gasteiger partial charge in [-0.3, -0.25) is 0 Å². The Labute approximate surface area is 125 Å². The summed E-state index contributed by atoms with van der Waals surface area (Å²) < 4.78 is 0. The summed E-state index contributed by atoms with van der Waals surface area (Å²) in [4.78, 5) is 0. The molecule has 1 saturated carbocycles. The third kappa shape index (κ3) is 3.16. The van der Waals surface area contributed by atoms with E-state index in [1.54, 1.807) is 11.1 Å². The first-order valence-corrected chi connectivity index (χ1v) is 8.38. The van der Waals surface area contributed by atoms with E-state index in [9.17, 15) is 0 Å². The number of rotatable bonds is 0. The summed E-state index contributed by atoms with van der Waals surface area (Å²) in [6, 6.07) is 0. The van der Waals surface area contributed by atoms with Crippen molar-refractivity contribution in [3.63, 3.8) is 0 Å². The summed E-state index contributed by atoms with van der Waals surface area (Å²) in [6.07, 6.45) is 16.1. The highest BCUT2D eigenvalue weighted by Crippen LogP contribution is 2.44. The molecular formula is C20H30. The first-order valence-electron chi connectivity index (χ1n) is 8.38. The van der Waals surface area contributed by atoms with Crippen LogP contribution in [0.3, 0.4) is 0 Å². The minimum atomic E-state index is 0.715. The standard InChI is InChI=1S/C18H24.C2H6/c1-12-4-6-16-10-15(8-12)11-17-9-13(2)5-7-18(17)14(16)3;1-2/h5-9,12,14,17-18H,4,10-11H2,1-3H3;1-2H3. The number of hydrogen-bond acceptors (Lipinski definition) is 0. The lowest BCUT2D eigenvalue weighted by Gasteiger charge is -2.29. The van der Waals surface area contributed by atoms with E-state index in [4.69, 9.17) is 0 Å². The van der Waals surface area contributed by atoms with Gasteiger partial charge in [-0.1, -0.05) is 74.8 Å². The van der Waals surface area contributed by atoms with Crippen molar-refractivity contribution in [2.24, 2.45) is 23.7 Å². The maximum Gasteiger partial charge on any atom is -0.0101 e. The van der Waals surface area contributed by atoms with Gasteiger partial charge in [0.15, 0.2) is 0 Å². The second-order valence-corrected chi connectivity index (χ2v) is 6.50. The van der Waals surface area contributed by atoms with Crippen LogP contribution in [0.5, 0.6) is 0 Å². The van der Waals surface area contributed by atoms with Gasteiger partial charge in [0.05, 0.1) is 0 Å². The normalized spacial score (nSPS) is 35.4. The van der Waals surface area contributed by atoms with E-state index < -0.39 is 0 Å². The topological polar surface area (TPSA) is 0 Å². The van der Waals surface area contributed by atoms with E-state index in [1.165, 1.54) is 24.8 Å². The Morgan fingerprint density at radius 2 is 1.85 bits per heavy atom. The van der Waals surface area contributed by atoms with Crippen molar-refractivity contribution in [2.45, 2.75) is 53.9 Å². The Kier molecular flexibility index (Phi) is 5.07. The van der Waals surface area contributed by atoms with Crippen molar-refractivity contribution < 1.29 is 0 Å². The zero-order valence-electron chi connectivity index (χ0n) is 13.8. The molecule has 0 aromatic heterocycles. The molecular weight excluding hydrogens is 240 g/mol. The highest BCUT2D eigenvalue weighted by atomic mass is 14.4. The summed E-state index contributed by atoms with van der Waals surface area (Å²) in [5, 5.41) is 0. The van der Waals surface area contributed by atoms with Gasteiger partial charge in [-0.25, -0.2) is 0 Å². The molecule has 0 aliphatic heterocycles. The number of allylic oxidation sites excluding steroid dienone is 8. The summed E-state index contributed by atoms with van der Waals surface area (Å²) in [7, 11) is 0. The van der Waals surface area contributed by atoms with Crippen molar-refractivity contribution in [3.05, 3.63) is 47.1 Å². The average Bonchev–Trinajstić information content (AvgIpc) is 2.69. The highest BCUT2D eigenvalue weighted by Gasteiger charge is 2.32. The highest BCUT2D eigenvalue weighted by molar-refractivity contribution is 5.33. The molecule has 0 spiro atoms. The molecule has 3 aliphatic carbocycles. The third-order valence-corrected chi connectivity index (χ3v) is 4.92. The van der Waals surface area contributed by atoms with Crippen molar-refractivity contribution in [1.29, 1.82) is 0 Å². The molecule has 0 aromatic rings. The van der Waals surface area contributed by atoms with Crippen LogP contribution in [0.4, 0.5) is 0 Å². The molecule has 3 rings (SSSR count). The Bertz CT molecular complexity index is 458. The summed E-state index contributed by atoms with van der Waals surface area (Å²) >= 11 is 0. The number of hydrogen-bond donors (Lipinski definition) is 0. The van der Waals surface area contributed by atoms with Gasteiger partial charge in [0.1, 0.15) is 0 Å². The summed E-state index contributed by atoms with van der Waals surface area (Å²) in [5.41, 5.74) is 4.82. The number of fused-ring (bicyclic) bond motifs is 3. The maximum absolute atomic E-state index is 2.54. The molecule has 4 unspecified atom stereocenters. The SMILES string of the molecule is CC.CC1=CC2CC3=CC(C)CC=C(C3)C(C)C2C=C1. The first kappa shape index (κ1) is 15.4. The van der Waals surface area contributed by atoms with Crippen LogP contribution in [0.2, 0.25) is 0 Å². The smallest absolute Gasteiger partial charge is 0.0101 e. The van der Waals surface area contributed by atoms with Gasteiger partial charge in [0.2, 0.25) is 0 Å². The summed E-state index contributed by atoms with van der Waals surface area (Å²) in [6.45, 7) is 11.0. The summed E-state index contributed by atoms with van der Waals surface area (Å²) in [5.74, 6) is 2.89. The second-order valence-electron chi connectivity index (χ2n) is 6.50. The van der Waals surface area contributed by atoms with E-state index in [-0.39, 0.29) is 0 Å². The van der Waals surface area contributed by atoms with E-state index >= 15 is 0 Å². The molecule has 4 atom stereocenters. The molecule has 0 N–H and O–H groups in total. The third-order valence-electron chi connectivity index (χ3n) is 4.92. The molecule has 1 fully saturated rings. The zero-order chi connectivity index (χ0) is 14.7. The van der Waals surface area contributed by atoms with Gasteiger partial charge in [0.25, 0.3) is 0 Å². The van der Waals surface area contributed by atoms with Crippen LogP contribution >= 0.6 is 0 Å². The van der Waals surface area contributed by atoms with Crippen molar-refractivity contribution >= 4 is 0 Å². The molecule has 0 radical (unpaired) electrons. The Hall–Kier alpha value is -1.04. The lowest BCUT2D eigenvalue weighted by Crippen LogP contribution is -2.20. The largest absolute Gasteiger partial charge is 0.0841 e. The Morgan fingerprint density at radius 1 is 1.10 bits per heavy atom. The van der Waals surface area contributed by atoms with Crippen LogP contribution in [0.1, 0.15) is 53.9 Å². The molecule has 0 nitrogen and oxygen atoms in total. The van der Waals surface area contributed by atoms with Gasteiger partial charge in [-0.05, 0) is 49.9 Å². The van der Waals surface area contributed by atoms with E-state index in [0.29, 0.717) is 5.92 Å². The van der Waals surface area contributed by atoms with Crippen molar-refractivity contribution in [2.75, 3.05) is 0 Å². The predicted molar refractivity (Wildman–Crippen MR) is 89.6 cm³/mol. The lowest BCUT2D eigenvalue weighted by molar-refractivity contribution is 0.384. The zero-order valence-corrected chi connectivity index (χ0v) is 13.8. The van der Waals surface area contributed by atoms with Gasteiger partial charge >= 0.3 is 0 Å². The minimum Gasteiger partial charge on any atom is -0.0841 e. The van der Waals surface area contributed by atoms with E-state index in [2.05, 4.69) is 51.2 Å². The van der Waals surface area contributed by atoms with Gasteiger partial charge in [0, 0.05) is 0 Å².